The average Bonchev–Trinajstić information content (AvgIpc) is 2.70. The minimum absolute atomic E-state index is 0.0669. The van der Waals surface area contributed by atoms with Crippen molar-refractivity contribution in [2.75, 3.05) is 12.0 Å². The Morgan fingerprint density at radius 2 is 1.82 bits per heavy atom. The van der Waals surface area contributed by atoms with Crippen LogP contribution in [0, 0.1) is 0 Å². The molecule has 1 unspecified atom stereocenters. The van der Waals surface area contributed by atoms with E-state index in [1.165, 1.54) is 0 Å². The van der Waals surface area contributed by atoms with E-state index >= 15 is 0 Å². The summed E-state index contributed by atoms with van der Waals surface area (Å²) in [6.45, 7) is 0. The molecule has 6 heteroatoms. The van der Waals surface area contributed by atoms with E-state index in [1.54, 1.807) is 30.2 Å². The second-order valence-corrected chi connectivity index (χ2v) is 7.78. The smallest absolute Gasteiger partial charge is 0.232 e. The predicted molar refractivity (Wildman–Crippen MR) is 110 cm³/mol. The number of methoxy groups -OCH3 is 1. The van der Waals surface area contributed by atoms with Crippen LogP contribution in [0.4, 0.5) is 5.69 Å². The molecule has 1 atom stereocenters. The molecule has 2 aliphatic rings. The highest BCUT2D eigenvalue weighted by atomic mass is 35.5. The van der Waals surface area contributed by atoms with E-state index in [4.69, 9.17) is 27.9 Å². The van der Waals surface area contributed by atoms with Crippen LogP contribution in [0.1, 0.15) is 37.2 Å². The second-order valence-electron chi connectivity index (χ2n) is 6.96. The van der Waals surface area contributed by atoms with Crippen LogP contribution in [-0.4, -0.2) is 18.8 Å². The van der Waals surface area contributed by atoms with Crippen molar-refractivity contribution in [3.63, 3.8) is 0 Å². The van der Waals surface area contributed by atoms with Crippen molar-refractivity contribution < 1.29 is 14.3 Å². The summed E-state index contributed by atoms with van der Waals surface area (Å²) in [5.41, 5.74) is 2.98. The number of ketones is 1. The van der Waals surface area contributed by atoms with Gasteiger partial charge in [-0.05, 0) is 37.1 Å². The molecule has 0 saturated heterocycles. The molecule has 1 aliphatic heterocycles. The van der Waals surface area contributed by atoms with Gasteiger partial charge in [-0.15, -0.1) is 0 Å². The number of anilines is 1. The van der Waals surface area contributed by atoms with Crippen LogP contribution < -0.4 is 9.64 Å². The lowest BCUT2D eigenvalue weighted by atomic mass is 9.77. The van der Waals surface area contributed by atoms with Gasteiger partial charge in [0.15, 0.2) is 5.78 Å². The number of para-hydroxylation sites is 1. The summed E-state index contributed by atoms with van der Waals surface area (Å²) in [4.78, 5) is 27.8. The first-order chi connectivity index (χ1) is 13.5. The molecular weight excluding hydrogens is 397 g/mol. The van der Waals surface area contributed by atoms with Gasteiger partial charge >= 0.3 is 0 Å². The monoisotopic (exact) mass is 415 g/mol. The minimum atomic E-state index is -0.300. The Balaban J connectivity index is 1.88. The molecule has 4 rings (SSSR count). The maximum atomic E-state index is 13.2. The molecular formula is C22H19Cl2NO3. The lowest BCUT2D eigenvalue weighted by Gasteiger charge is -2.38. The van der Waals surface area contributed by atoms with Crippen LogP contribution in [0.2, 0.25) is 10.0 Å². The van der Waals surface area contributed by atoms with Crippen LogP contribution >= 0.6 is 23.2 Å². The molecule has 144 valence electrons. The molecule has 2 aromatic carbocycles. The van der Waals surface area contributed by atoms with Crippen molar-refractivity contribution >= 4 is 40.6 Å². The molecule has 2 aromatic rings. The third-order valence-corrected chi connectivity index (χ3v) is 6.09. The molecule has 0 aromatic heterocycles. The first-order valence-corrected chi connectivity index (χ1v) is 9.94. The number of Topliss-reactive ketones (excluding diaryl/α,β-unsaturated/α-hetero) is 1. The lowest BCUT2D eigenvalue weighted by molar-refractivity contribution is -0.119. The van der Waals surface area contributed by atoms with Gasteiger partial charge in [-0.3, -0.25) is 14.5 Å². The number of nitrogens with zero attached hydrogens (tertiary/aromatic N) is 1. The Hall–Kier alpha value is -2.30. The summed E-state index contributed by atoms with van der Waals surface area (Å²) < 4.78 is 5.50. The number of halogens is 2. The van der Waals surface area contributed by atoms with Gasteiger partial charge in [-0.25, -0.2) is 0 Å². The van der Waals surface area contributed by atoms with E-state index in [-0.39, 0.29) is 24.0 Å². The fourth-order valence-electron chi connectivity index (χ4n) is 4.14. The average molecular weight is 416 g/mol. The summed E-state index contributed by atoms with van der Waals surface area (Å²) >= 11 is 12.2. The van der Waals surface area contributed by atoms with E-state index in [0.29, 0.717) is 39.9 Å². The number of carbonyl (C=O) groups excluding carboxylic acids is 2. The second kappa shape index (κ2) is 7.61. The maximum absolute atomic E-state index is 13.2. The fraction of sp³-hybridized carbons (Fsp3) is 0.273. The van der Waals surface area contributed by atoms with Crippen LogP contribution in [0.5, 0.6) is 5.75 Å². The molecule has 0 bridgehead atoms. The van der Waals surface area contributed by atoms with Gasteiger partial charge in [0.1, 0.15) is 5.75 Å². The minimum Gasteiger partial charge on any atom is -0.496 e. The van der Waals surface area contributed by atoms with Crippen molar-refractivity contribution in [2.45, 2.75) is 31.6 Å². The highest BCUT2D eigenvalue weighted by molar-refractivity contribution is 6.42. The summed E-state index contributed by atoms with van der Waals surface area (Å²) in [6, 6.07) is 12.7. The van der Waals surface area contributed by atoms with Crippen LogP contribution in [-0.2, 0) is 9.59 Å². The molecule has 0 N–H and O–H groups in total. The molecule has 0 fully saturated rings. The zero-order valence-electron chi connectivity index (χ0n) is 15.4. The number of allylic oxidation sites excluding steroid dienone is 2. The van der Waals surface area contributed by atoms with Crippen LogP contribution in [0.25, 0.3) is 0 Å². The zero-order valence-corrected chi connectivity index (χ0v) is 16.9. The lowest BCUT2D eigenvalue weighted by Crippen LogP contribution is -2.40. The standard InChI is InChI=1S/C22H19Cl2NO3/c1-28-20-8-3-2-5-14(20)15-12-21(27)25(13-9-10-16(23)17(24)11-13)18-6-4-7-19(26)22(15)18/h2-3,5,8-11,15H,4,6-7,12H2,1H3. The van der Waals surface area contributed by atoms with E-state index in [1.807, 2.05) is 24.3 Å². The predicted octanol–water partition coefficient (Wildman–Crippen LogP) is 5.53. The molecule has 28 heavy (non-hydrogen) atoms. The Morgan fingerprint density at radius 1 is 1.04 bits per heavy atom. The number of hydrogen-bond donors (Lipinski definition) is 0. The largest absolute Gasteiger partial charge is 0.496 e. The van der Waals surface area contributed by atoms with Gasteiger partial charge in [0.25, 0.3) is 0 Å². The van der Waals surface area contributed by atoms with E-state index in [9.17, 15) is 9.59 Å². The first kappa shape index (κ1) is 19.0. The van der Waals surface area contributed by atoms with Gasteiger partial charge in [0.05, 0.1) is 22.8 Å². The third kappa shape index (κ3) is 3.21. The number of carbonyl (C=O) groups is 2. The zero-order chi connectivity index (χ0) is 19.8. The van der Waals surface area contributed by atoms with Gasteiger partial charge < -0.3 is 4.74 Å². The summed E-state index contributed by atoms with van der Waals surface area (Å²) in [5.74, 6) is 0.413. The third-order valence-electron chi connectivity index (χ3n) is 5.35. The SMILES string of the molecule is COc1ccccc1C1CC(=O)N(c2ccc(Cl)c(Cl)c2)C2=C1C(=O)CCC2. The van der Waals surface area contributed by atoms with Crippen molar-refractivity contribution in [1.82, 2.24) is 0 Å². The maximum Gasteiger partial charge on any atom is 0.232 e. The van der Waals surface area contributed by atoms with Crippen molar-refractivity contribution in [3.8, 4) is 5.75 Å². The molecule has 1 heterocycles. The number of benzene rings is 2. The summed E-state index contributed by atoms with van der Waals surface area (Å²) in [7, 11) is 1.60. The Kier molecular flexibility index (Phi) is 5.17. The normalized spacial score (nSPS) is 19.7. The van der Waals surface area contributed by atoms with Gasteiger partial charge in [-0.1, -0.05) is 41.4 Å². The van der Waals surface area contributed by atoms with Crippen LogP contribution in [0.3, 0.4) is 0 Å². The Bertz CT molecular complexity index is 999. The van der Waals surface area contributed by atoms with Gasteiger partial charge in [0.2, 0.25) is 5.91 Å². The molecule has 0 radical (unpaired) electrons. The summed E-state index contributed by atoms with van der Waals surface area (Å²) in [6.07, 6.45) is 2.08. The fourth-order valence-corrected chi connectivity index (χ4v) is 4.43. The summed E-state index contributed by atoms with van der Waals surface area (Å²) in [5, 5.41) is 0.804. The number of ether oxygens (including phenoxy) is 1. The van der Waals surface area contributed by atoms with E-state index in [2.05, 4.69) is 0 Å². The first-order valence-electron chi connectivity index (χ1n) is 9.18. The molecule has 0 spiro atoms. The number of hydrogen-bond acceptors (Lipinski definition) is 3. The van der Waals surface area contributed by atoms with Crippen molar-refractivity contribution in [1.29, 1.82) is 0 Å². The topological polar surface area (TPSA) is 46.6 Å². The van der Waals surface area contributed by atoms with Gasteiger partial charge in [-0.2, -0.15) is 0 Å². The van der Waals surface area contributed by atoms with E-state index < -0.39 is 0 Å². The van der Waals surface area contributed by atoms with Crippen molar-refractivity contribution in [2.24, 2.45) is 0 Å². The quantitative estimate of drug-likeness (QED) is 0.661. The Morgan fingerprint density at radius 3 is 2.57 bits per heavy atom. The number of rotatable bonds is 3. The van der Waals surface area contributed by atoms with Gasteiger partial charge in [0, 0.05) is 35.6 Å². The van der Waals surface area contributed by atoms with Crippen molar-refractivity contribution in [3.05, 3.63) is 69.3 Å². The highest BCUT2D eigenvalue weighted by Crippen LogP contribution is 2.45. The van der Waals surface area contributed by atoms with E-state index in [0.717, 1.165) is 17.7 Å². The molecule has 1 aliphatic carbocycles. The molecule has 1 amide bonds. The number of amides is 1. The van der Waals surface area contributed by atoms with Crippen LogP contribution in [0.15, 0.2) is 53.7 Å². The Labute approximate surface area is 173 Å². The highest BCUT2D eigenvalue weighted by Gasteiger charge is 2.40. The molecule has 0 saturated carbocycles. The molecule has 4 nitrogen and oxygen atoms in total.